The number of benzene rings is 2. The molecule has 7 heteroatoms. The van der Waals surface area contributed by atoms with Gasteiger partial charge in [0.15, 0.2) is 5.82 Å². The summed E-state index contributed by atoms with van der Waals surface area (Å²) < 4.78 is 28.4. The SMILES string of the molecule is Nc1ccc(-c2nnnn2-c2cccc(F)c2)c(F)c1. The van der Waals surface area contributed by atoms with Crippen LogP contribution in [0.2, 0.25) is 0 Å². The maximum atomic E-state index is 13.9. The van der Waals surface area contributed by atoms with Crippen molar-refractivity contribution in [1.29, 1.82) is 0 Å². The van der Waals surface area contributed by atoms with Gasteiger partial charge in [-0.2, -0.15) is 4.68 Å². The summed E-state index contributed by atoms with van der Waals surface area (Å²) in [4.78, 5) is 0. The van der Waals surface area contributed by atoms with Gasteiger partial charge in [0.05, 0.1) is 11.3 Å². The molecule has 1 aromatic heterocycles. The first-order valence-electron chi connectivity index (χ1n) is 5.75. The van der Waals surface area contributed by atoms with Crippen LogP contribution in [0, 0.1) is 11.6 Å². The smallest absolute Gasteiger partial charge is 0.190 e. The molecule has 0 amide bonds. The molecule has 0 atom stereocenters. The van der Waals surface area contributed by atoms with Gasteiger partial charge in [-0.15, -0.1) is 5.10 Å². The molecule has 20 heavy (non-hydrogen) atoms. The lowest BCUT2D eigenvalue weighted by molar-refractivity contribution is 0.624. The van der Waals surface area contributed by atoms with Crippen molar-refractivity contribution in [1.82, 2.24) is 20.2 Å². The van der Waals surface area contributed by atoms with Crippen LogP contribution in [0.3, 0.4) is 0 Å². The second-order valence-corrected chi connectivity index (χ2v) is 4.13. The molecule has 5 nitrogen and oxygen atoms in total. The first-order valence-corrected chi connectivity index (χ1v) is 5.75. The molecule has 0 aliphatic carbocycles. The van der Waals surface area contributed by atoms with Crippen LogP contribution in [-0.2, 0) is 0 Å². The van der Waals surface area contributed by atoms with Crippen molar-refractivity contribution in [2.75, 3.05) is 5.73 Å². The Balaban J connectivity index is 2.15. The first-order chi connectivity index (χ1) is 9.65. The first kappa shape index (κ1) is 12.2. The van der Waals surface area contributed by atoms with Crippen LogP contribution >= 0.6 is 0 Å². The highest BCUT2D eigenvalue weighted by Crippen LogP contribution is 2.24. The Morgan fingerprint density at radius 1 is 1.05 bits per heavy atom. The standard InChI is InChI=1S/C13H9F2N5/c14-8-2-1-3-10(6-8)20-13(17-18-19-20)11-5-4-9(16)7-12(11)15/h1-7H,16H2. The van der Waals surface area contributed by atoms with E-state index in [-0.39, 0.29) is 11.4 Å². The number of tetrazole rings is 1. The number of hydrogen-bond acceptors (Lipinski definition) is 4. The monoisotopic (exact) mass is 273 g/mol. The van der Waals surface area contributed by atoms with Gasteiger partial charge in [-0.3, -0.25) is 0 Å². The number of nitrogens with zero attached hydrogens (tertiary/aromatic N) is 4. The van der Waals surface area contributed by atoms with Crippen LogP contribution in [0.1, 0.15) is 0 Å². The molecule has 2 N–H and O–H groups in total. The average Bonchev–Trinajstić information content (AvgIpc) is 2.87. The quantitative estimate of drug-likeness (QED) is 0.727. The molecule has 0 aliphatic heterocycles. The lowest BCUT2D eigenvalue weighted by Crippen LogP contribution is -2.01. The Morgan fingerprint density at radius 2 is 1.90 bits per heavy atom. The predicted molar refractivity (Wildman–Crippen MR) is 68.9 cm³/mol. The maximum absolute atomic E-state index is 13.9. The van der Waals surface area contributed by atoms with Gasteiger partial charge in [0.25, 0.3) is 0 Å². The lowest BCUT2D eigenvalue weighted by Gasteiger charge is -2.06. The minimum Gasteiger partial charge on any atom is -0.399 e. The molecule has 0 saturated carbocycles. The number of nitrogen functional groups attached to an aromatic ring is 1. The van der Waals surface area contributed by atoms with E-state index in [1.165, 1.54) is 35.0 Å². The van der Waals surface area contributed by atoms with E-state index in [4.69, 9.17) is 5.73 Å². The van der Waals surface area contributed by atoms with E-state index >= 15 is 0 Å². The van der Waals surface area contributed by atoms with Gasteiger partial charge < -0.3 is 5.73 Å². The zero-order valence-electron chi connectivity index (χ0n) is 10.2. The van der Waals surface area contributed by atoms with Crippen molar-refractivity contribution in [3.63, 3.8) is 0 Å². The molecule has 0 fully saturated rings. The average molecular weight is 273 g/mol. The molecule has 0 saturated heterocycles. The fourth-order valence-electron chi connectivity index (χ4n) is 1.85. The lowest BCUT2D eigenvalue weighted by atomic mass is 10.2. The summed E-state index contributed by atoms with van der Waals surface area (Å²) in [5, 5.41) is 11.1. The summed E-state index contributed by atoms with van der Waals surface area (Å²) in [5.41, 5.74) is 6.40. The minimum atomic E-state index is -0.544. The van der Waals surface area contributed by atoms with Crippen LogP contribution in [0.25, 0.3) is 17.1 Å². The van der Waals surface area contributed by atoms with Gasteiger partial charge in [0.2, 0.25) is 0 Å². The number of halogens is 2. The molecular formula is C13H9F2N5. The molecule has 0 spiro atoms. The van der Waals surface area contributed by atoms with Gasteiger partial charge in [0.1, 0.15) is 11.6 Å². The van der Waals surface area contributed by atoms with E-state index in [1.807, 2.05) is 0 Å². The summed E-state index contributed by atoms with van der Waals surface area (Å²) in [7, 11) is 0. The summed E-state index contributed by atoms with van der Waals surface area (Å²) in [5.74, 6) is -0.799. The molecule has 3 rings (SSSR count). The summed E-state index contributed by atoms with van der Waals surface area (Å²) in [6.45, 7) is 0. The Bertz CT molecular complexity index is 769. The zero-order valence-corrected chi connectivity index (χ0v) is 10.2. The molecule has 1 heterocycles. The number of hydrogen-bond donors (Lipinski definition) is 1. The van der Waals surface area contributed by atoms with Crippen LogP contribution in [0.15, 0.2) is 42.5 Å². The normalized spacial score (nSPS) is 10.7. The van der Waals surface area contributed by atoms with Crippen molar-refractivity contribution < 1.29 is 8.78 Å². The van der Waals surface area contributed by atoms with Crippen LogP contribution < -0.4 is 5.73 Å². The number of anilines is 1. The highest BCUT2D eigenvalue weighted by atomic mass is 19.1. The van der Waals surface area contributed by atoms with Gasteiger partial charge in [0, 0.05) is 5.69 Å². The third-order valence-corrected chi connectivity index (χ3v) is 2.76. The molecule has 0 radical (unpaired) electrons. The fraction of sp³-hybridized carbons (Fsp3) is 0. The van der Waals surface area contributed by atoms with E-state index in [2.05, 4.69) is 15.5 Å². The largest absolute Gasteiger partial charge is 0.399 e. The Labute approximate surface area is 112 Å². The highest BCUT2D eigenvalue weighted by molar-refractivity contribution is 5.61. The molecule has 0 unspecified atom stereocenters. The summed E-state index contributed by atoms with van der Waals surface area (Å²) >= 11 is 0. The molecular weight excluding hydrogens is 264 g/mol. The van der Waals surface area contributed by atoms with Crippen LogP contribution in [0.4, 0.5) is 14.5 Å². The van der Waals surface area contributed by atoms with Crippen molar-refractivity contribution in [3.8, 4) is 17.1 Å². The van der Waals surface area contributed by atoms with Crippen LogP contribution in [-0.4, -0.2) is 20.2 Å². The third-order valence-electron chi connectivity index (χ3n) is 2.76. The summed E-state index contributed by atoms with van der Waals surface area (Å²) in [6.07, 6.45) is 0. The van der Waals surface area contributed by atoms with Crippen LogP contribution in [0.5, 0.6) is 0 Å². The fourth-order valence-corrected chi connectivity index (χ4v) is 1.85. The molecule has 100 valence electrons. The topological polar surface area (TPSA) is 69.6 Å². The molecule has 0 bridgehead atoms. The van der Waals surface area contributed by atoms with Gasteiger partial charge in [-0.1, -0.05) is 6.07 Å². The van der Waals surface area contributed by atoms with E-state index < -0.39 is 11.6 Å². The molecule has 2 aromatic carbocycles. The van der Waals surface area contributed by atoms with Crippen molar-refractivity contribution in [2.24, 2.45) is 0 Å². The number of nitrogens with two attached hydrogens (primary N) is 1. The molecule has 0 aliphatic rings. The molecule has 3 aromatic rings. The zero-order chi connectivity index (χ0) is 14.1. The third kappa shape index (κ3) is 2.09. The highest BCUT2D eigenvalue weighted by Gasteiger charge is 2.15. The second-order valence-electron chi connectivity index (χ2n) is 4.13. The van der Waals surface area contributed by atoms with E-state index in [1.54, 1.807) is 12.1 Å². The van der Waals surface area contributed by atoms with Crippen molar-refractivity contribution >= 4 is 5.69 Å². The van der Waals surface area contributed by atoms with Crippen molar-refractivity contribution in [2.45, 2.75) is 0 Å². The number of rotatable bonds is 2. The number of aromatic nitrogens is 4. The Hall–Kier alpha value is -2.83. The Morgan fingerprint density at radius 3 is 2.65 bits per heavy atom. The second kappa shape index (κ2) is 4.69. The van der Waals surface area contributed by atoms with Gasteiger partial charge in [-0.25, -0.2) is 8.78 Å². The maximum Gasteiger partial charge on any atom is 0.190 e. The van der Waals surface area contributed by atoms with Crippen molar-refractivity contribution in [3.05, 3.63) is 54.1 Å². The van der Waals surface area contributed by atoms with E-state index in [9.17, 15) is 8.78 Å². The van der Waals surface area contributed by atoms with E-state index in [0.29, 0.717) is 11.4 Å². The van der Waals surface area contributed by atoms with Gasteiger partial charge >= 0.3 is 0 Å². The van der Waals surface area contributed by atoms with E-state index in [0.717, 1.165) is 0 Å². The van der Waals surface area contributed by atoms with Gasteiger partial charge in [-0.05, 0) is 46.8 Å². The Kier molecular flexibility index (Phi) is 2.86. The predicted octanol–water partition coefficient (Wildman–Crippen LogP) is 2.19. The summed E-state index contributed by atoms with van der Waals surface area (Å²) in [6, 6.07) is 9.91. The minimum absolute atomic E-state index is 0.174.